The Labute approximate surface area is 195 Å². The molecule has 1 atom stereocenters. The number of hydrogen-bond donors (Lipinski definition) is 2. The quantitative estimate of drug-likeness (QED) is 0.333. The maximum absolute atomic E-state index is 6.10. The summed E-state index contributed by atoms with van der Waals surface area (Å²) in [6.07, 6.45) is 2.06. The third kappa shape index (κ3) is 4.91. The van der Waals surface area contributed by atoms with Gasteiger partial charge in [-0.2, -0.15) is 0 Å². The average Bonchev–Trinajstić information content (AvgIpc) is 3.21. The highest BCUT2D eigenvalue weighted by Gasteiger charge is 2.25. The van der Waals surface area contributed by atoms with Crippen LogP contribution in [0.3, 0.4) is 0 Å². The summed E-state index contributed by atoms with van der Waals surface area (Å²) in [6.45, 7) is 6.72. The van der Waals surface area contributed by atoms with Crippen LogP contribution in [0.15, 0.2) is 72.8 Å². The molecule has 0 aliphatic carbocycles. The van der Waals surface area contributed by atoms with Crippen LogP contribution in [0.25, 0.3) is 10.9 Å². The third-order valence-corrected chi connectivity index (χ3v) is 6.33. The lowest BCUT2D eigenvalue weighted by atomic mass is 9.94. The monoisotopic (exact) mass is 440 g/mol. The first-order valence-corrected chi connectivity index (χ1v) is 11.9. The molecule has 0 radical (unpaired) electrons. The standard InChI is InChI=1S/C29H32N2O2/c1-20(2)14-16-32-23-10-6-9-22(17-23)28-29-25(13-15-30-28)26-18-24(11-12-27(26)31-29)33-19-21-7-4-3-5-8-21/h3-12,17-18,20,28,30-31H,13-16,19H2,1-2H3. The van der Waals surface area contributed by atoms with E-state index >= 15 is 0 Å². The minimum atomic E-state index is 0.128. The molecule has 0 saturated heterocycles. The summed E-state index contributed by atoms with van der Waals surface area (Å²) < 4.78 is 12.1. The van der Waals surface area contributed by atoms with E-state index < -0.39 is 0 Å². The molecule has 170 valence electrons. The van der Waals surface area contributed by atoms with Gasteiger partial charge in [0.05, 0.1) is 12.6 Å². The molecule has 1 aliphatic heterocycles. The minimum Gasteiger partial charge on any atom is -0.494 e. The van der Waals surface area contributed by atoms with Gasteiger partial charge < -0.3 is 19.8 Å². The van der Waals surface area contributed by atoms with Crippen LogP contribution in [0.2, 0.25) is 0 Å². The number of nitrogens with one attached hydrogen (secondary N) is 2. The molecule has 2 N–H and O–H groups in total. The topological polar surface area (TPSA) is 46.3 Å². The summed E-state index contributed by atoms with van der Waals surface area (Å²) in [6, 6.07) is 25.3. The summed E-state index contributed by atoms with van der Waals surface area (Å²) in [4.78, 5) is 3.68. The predicted molar refractivity (Wildman–Crippen MR) is 134 cm³/mol. The SMILES string of the molecule is CC(C)CCOc1cccc(C2NCCc3c2[nH]c2ccc(OCc4ccccc4)cc32)c1. The lowest BCUT2D eigenvalue weighted by molar-refractivity contribution is 0.289. The summed E-state index contributed by atoms with van der Waals surface area (Å²) >= 11 is 0. The summed E-state index contributed by atoms with van der Waals surface area (Å²) in [5.74, 6) is 2.49. The average molecular weight is 441 g/mol. The van der Waals surface area contributed by atoms with Crippen molar-refractivity contribution in [1.29, 1.82) is 0 Å². The van der Waals surface area contributed by atoms with Crippen molar-refractivity contribution in [2.45, 2.75) is 39.3 Å². The number of rotatable bonds is 8. The fourth-order valence-corrected chi connectivity index (χ4v) is 4.52. The summed E-state index contributed by atoms with van der Waals surface area (Å²) in [5, 5.41) is 4.95. The number of hydrogen-bond acceptors (Lipinski definition) is 3. The Kier molecular flexibility index (Phi) is 6.36. The molecule has 0 fully saturated rings. The Bertz CT molecular complexity index is 1210. The molecule has 33 heavy (non-hydrogen) atoms. The summed E-state index contributed by atoms with van der Waals surface area (Å²) in [7, 11) is 0. The van der Waals surface area contributed by atoms with E-state index in [2.05, 4.69) is 78.7 Å². The molecule has 4 aromatic rings. The number of H-pyrrole nitrogens is 1. The normalized spacial score (nSPS) is 15.5. The highest BCUT2D eigenvalue weighted by Crippen LogP contribution is 2.36. The molecule has 0 bridgehead atoms. The van der Waals surface area contributed by atoms with E-state index in [1.807, 2.05) is 18.2 Å². The minimum absolute atomic E-state index is 0.128. The highest BCUT2D eigenvalue weighted by molar-refractivity contribution is 5.86. The lowest BCUT2D eigenvalue weighted by Crippen LogP contribution is -2.30. The van der Waals surface area contributed by atoms with Crippen molar-refractivity contribution < 1.29 is 9.47 Å². The maximum atomic E-state index is 6.10. The first kappa shape index (κ1) is 21.6. The van der Waals surface area contributed by atoms with Crippen molar-refractivity contribution in [2.24, 2.45) is 5.92 Å². The van der Waals surface area contributed by atoms with Gasteiger partial charge in [0, 0.05) is 23.1 Å². The molecule has 0 amide bonds. The van der Waals surface area contributed by atoms with E-state index in [-0.39, 0.29) is 6.04 Å². The highest BCUT2D eigenvalue weighted by atomic mass is 16.5. The van der Waals surface area contributed by atoms with Gasteiger partial charge in [-0.15, -0.1) is 0 Å². The van der Waals surface area contributed by atoms with Crippen molar-refractivity contribution in [3.05, 3.63) is 95.2 Å². The van der Waals surface area contributed by atoms with Crippen molar-refractivity contribution in [2.75, 3.05) is 13.2 Å². The molecular weight excluding hydrogens is 408 g/mol. The van der Waals surface area contributed by atoms with E-state index in [1.165, 1.54) is 27.8 Å². The van der Waals surface area contributed by atoms with E-state index in [4.69, 9.17) is 9.47 Å². The molecule has 1 aliphatic rings. The number of benzene rings is 3. The van der Waals surface area contributed by atoms with Crippen molar-refractivity contribution >= 4 is 10.9 Å². The first-order valence-electron chi connectivity index (χ1n) is 11.9. The van der Waals surface area contributed by atoms with Gasteiger partial charge in [0.15, 0.2) is 0 Å². The number of ether oxygens (including phenoxy) is 2. The van der Waals surface area contributed by atoms with Gasteiger partial charge in [0.25, 0.3) is 0 Å². The second kappa shape index (κ2) is 9.72. The Morgan fingerprint density at radius 2 is 1.76 bits per heavy atom. The molecule has 1 unspecified atom stereocenters. The van der Waals surface area contributed by atoms with Gasteiger partial charge >= 0.3 is 0 Å². The molecular formula is C29H32N2O2. The lowest BCUT2D eigenvalue weighted by Gasteiger charge is -2.25. The molecule has 0 spiro atoms. The maximum Gasteiger partial charge on any atom is 0.120 e. The molecule has 4 nitrogen and oxygen atoms in total. The van der Waals surface area contributed by atoms with E-state index in [9.17, 15) is 0 Å². The molecule has 5 rings (SSSR count). The largest absolute Gasteiger partial charge is 0.494 e. The second-order valence-corrected chi connectivity index (χ2v) is 9.24. The fraction of sp³-hybridized carbons (Fsp3) is 0.310. The van der Waals surface area contributed by atoms with Crippen LogP contribution in [0.4, 0.5) is 0 Å². The molecule has 2 heterocycles. The van der Waals surface area contributed by atoms with Gasteiger partial charge in [0.1, 0.15) is 18.1 Å². The first-order chi connectivity index (χ1) is 16.2. The van der Waals surface area contributed by atoms with Crippen LogP contribution in [-0.2, 0) is 13.0 Å². The van der Waals surface area contributed by atoms with E-state index in [0.29, 0.717) is 12.5 Å². The van der Waals surface area contributed by atoms with Crippen LogP contribution in [0, 0.1) is 5.92 Å². The van der Waals surface area contributed by atoms with Gasteiger partial charge in [-0.3, -0.25) is 0 Å². The summed E-state index contributed by atoms with van der Waals surface area (Å²) in [5.41, 5.74) is 6.18. The number of aromatic amines is 1. The third-order valence-electron chi connectivity index (χ3n) is 6.33. The Morgan fingerprint density at radius 3 is 2.61 bits per heavy atom. The van der Waals surface area contributed by atoms with Gasteiger partial charge in [-0.1, -0.05) is 56.3 Å². The zero-order chi connectivity index (χ0) is 22.6. The molecule has 1 aromatic heterocycles. The van der Waals surface area contributed by atoms with Crippen LogP contribution in [0.1, 0.15) is 48.7 Å². The van der Waals surface area contributed by atoms with Gasteiger partial charge in [-0.05, 0) is 65.8 Å². The predicted octanol–water partition coefficient (Wildman–Crippen LogP) is 6.41. The van der Waals surface area contributed by atoms with Crippen LogP contribution >= 0.6 is 0 Å². The molecule has 4 heteroatoms. The second-order valence-electron chi connectivity index (χ2n) is 9.24. The van der Waals surface area contributed by atoms with Crippen molar-refractivity contribution in [3.63, 3.8) is 0 Å². The van der Waals surface area contributed by atoms with Crippen LogP contribution in [0.5, 0.6) is 11.5 Å². The zero-order valence-electron chi connectivity index (χ0n) is 19.4. The molecule has 0 saturated carbocycles. The van der Waals surface area contributed by atoms with Crippen LogP contribution < -0.4 is 14.8 Å². The van der Waals surface area contributed by atoms with E-state index in [0.717, 1.165) is 43.0 Å². The fourth-order valence-electron chi connectivity index (χ4n) is 4.52. The van der Waals surface area contributed by atoms with E-state index in [1.54, 1.807) is 0 Å². The Morgan fingerprint density at radius 1 is 0.909 bits per heavy atom. The number of aromatic nitrogens is 1. The van der Waals surface area contributed by atoms with Crippen molar-refractivity contribution in [3.8, 4) is 11.5 Å². The number of fused-ring (bicyclic) bond motifs is 3. The van der Waals surface area contributed by atoms with Gasteiger partial charge in [-0.25, -0.2) is 0 Å². The zero-order valence-corrected chi connectivity index (χ0v) is 19.4. The Balaban J connectivity index is 1.38. The van der Waals surface area contributed by atoms with Crippen molar-refractivity contribution in [1.82, 2.24) is 10.3 Å². The van der Waals surface area contributed by atoms with Crippen LogP contribution in [-0.4, -0.2) is 18.1 Å². The Hall–Kier alpha value is -3.24. The van der Waals surface area contributed by atoms with Gasteiger partial charge in [0.2, 0.25) is 0 Å². The molecule has 3 aromatic carbocycles. The smallest absolute Gasteiger partial charge is 0.120 e.